The van der Waals surface area contributed by atoms with Gasteiger partial charge in [0.1, 0.15) is 4.90 Å². The molecule has 1 aliphatic rings. The number of nitrogens with zero attached hydrogens (tertiary/aromatic N) is 2. The fraction of sp³-hybridized carbons (Fsp3) is 0.700. The maximum Gasteiger partial charge on any atom is 0.246 e. The molecule has 0 amide bonds. The molecule has 0 bridgehead atoms. The predicted octanol–water partition coefficient (Wildman–Crippen LogP) is 1.58. The number of alkyl halides is 1. The van der Waals surface area contributed by atoms with Crippen molar-refractivity contribution in [1.82, 2.24) is 14.5 Å². The van der Waals surface area contributed by atoms with E-state index in [-0.39, 0.29) is 10.8 Å². The monoisotopic (exact) mass is 309 g/mol. The van der Waals surface area contributed by atoms with Crippen LogP contribution in [0.5, 0.6) is 0 Å². The molecule has 1 unspecified atom stereocenters. The van der Waals surface area contributed by atoms with Crippen LogP contribution in [-0.2, 0) is 15.9 Å². The van der Waals surface area contributed by atoms with E-state index in [2.05, 4.69) is 10.2 Å². The van der Waals surface area contributed by atoms with Gasteiger partial charge in [-0.25, -0.2) is 8.42 Å². The Hall–Kier alpha value is -0.240. The number of aromatic amines is 1. The zero-order valence-corrected chi connectivity index (χ0v) is 12.7. The van der Waals surface area contributed by atoms with Gasteiger partial charge >= 0.3 is 0 Å². The summed E-state index contributed by atoms with van der Waals surface area (Å²) in [5.74, 6) is 0.921. The highest BCUT2D eigenvalue weighted by molar-refractivity contribution is 8.00. The van der Waals surface area contributed by atoms with Crippen molar-refractivity contribution in [3.63, 3.8) is 0 Å². The van der Waals surface area contributed by atoms with Crippen molar-refractivity contribution >= 4 is 33.4 Å². The van der Waals surface area contributed by atoms with Crippen LogP contribution in [0.15, 0.2) is 4.90 Å². The molecule has 0 saturated carbocycles. The first-order valence-electron chi connectivity index (χ1n) is 5.68. The van der Waals surface area contributed by atoms with Gasteiger partial charge in [-0.1, -0.05) is 6.92 Å². The van der Waals surface area contributed by atoms with Crippen molar-refractivity contribution < 1.29 is 8.42 Å². The normalized spacial score (nSPS) is 22.3. The van der Waals surface area contributed by atoms with Gasteiger partial charge in [0.05, 0.1) is 17.3 Å². The first-order valence-corrected chi connectivity index (χ1v) is 8.70. The minimum Gasteiger partial charge on any atom is -0.281 e. The summed E-state index contributed by atoms with van der Waals surface area (Å²) in [7, 11) is -3.48. The lowest BCUT2D eigenvalue weighted by Gasteiger charge is -2.29. The van der Waals surface area contributed by atoms with Gasteiger partial charge in [-0.15, -0.1) is 11.6 Å². The van der Waals surface area contributed by atoms with Crippen molar-refractivity contribution in [2.45, 2.75) is 29.9 Å². The molecule has 102 valence electrons. The molecule has 0 radical (unpaired) electrons. The smallest absolute Gasteiger partial charge is 0.246 e. The third-order valence-corrected chi connectivity index (χ3v) is 6.35. The van der Waals surface area contributed by atoms with Crippen molar-refractivity contribution in [3.8, 4) is 0 Å². The maximum atomic E-state index is 12.6. The van der Waals surface area contributed by atoms with E-state index in [1.54, 1.807) is 18.7 Å². The number of halogens is 1. The SMILES string of the molecule is Cc1[nH]nc(CCl)c1S(=O)(=O)N1CCSC(C)C1. The van der Waals surface area contributed by atoms with Crippen molar-refractivity contribution in [2.24, 2.45) is 0 Å². The summed E-state index contributed by atoms with van der Waals surface area (Å²) < 4.78 is 26.7. The molecule has 5 nitrogen and oxygen atoms in total. The standard InChI is InChI=1S/C10H16ClN3O2S2/c1-7-6-14(3-4-17-7)18(15,16)10-8(2)12-13-9(10)5-11/h7H,3-6H2,1-2H3,(H,12,13). The van der Waals surface area contributed by atoms with Gasteiger partial charge in [0.25, 0.3) is 0 Å². The molecule has 0 aromatic carbocycles. The second-order valence-electron chi connectivity index (χ2n) is 4.30. The van der Waals surface area contributed by atoms with Crippen LogP contribution in [-0.4, -0.2) is 47.0 Å². The molecule has 1 aromatic rings. The van der Waals surface area contributed by atoms with Crippen molar-refractivity contribution in [2.75, 3.05) is 18.8 Å². The van der Waals surface area contributed by atoms with Crippen molar-refractivity contribution in [1.29, 1.82) is 0 Å². The topological polar surface area (TPSA) is 66.1 Å². The van der Waals surface area contributed by atoms with Gasteiger partial charge in [-0.05, 0) is 6.92 Å². The number of nitrogens with one attached hydrogen (secondary N) is 1. The Morgan fingerprint density at radius 3 is 2.94 bits per heavy atom. The van der Waals surface area contributed by atoms with Crippen LogP contribution in [0.2, 0.25) is 0 Å². The summed E-state index contributed by atoms with van der Waals surface area (Å²) in [5.41, 5.74) is 0.955. The van der Waals surface area contributed by atoms with E-state index in [4.69, 9.17) is 11.6 Å². The maximum absolute atomic E-state index is 12.6. The molecule has 2 heterocycles. The van der Waals surface area contributed by atoms with Crippen LogP contribution < -0.4 is 0 Å². The molecule has 0 spiro atoms. The zero-order chi connectivity index (χ0) is 13.3. The van der Waals surface area contributed by atoms with E-state index in [0.29, 0.717) is 29.7 Å². The number of rotatable bonds is 3. The predicted molar refractivity (Wildman–Crippen MR) is 73.6 cm³/mol. The Kier molecular flexibility index (Phi) is 4.25. The van der Waals surface area contributed by atoms with E-state index in [9.17, 15) is 8.42 Å². The summed E-state index contributed by atoms with van der Waals surface area (Å²) >= 11 is 7.54. The van der Waals surface area contributed by atoms with Gasteiger partial charge in [0.2, 0.25) is 10.0 Å². The van der Waals surface area contributed by atoms with Gasteiger partial charge in [0.15, 0.2) is 0 Å². The number of thioether (sulfide) groups is 1. The van der Waals surface area contributed by atoms with Gasteiger partial charge in [-0.2, -0.15) is 21.2 Å². The summed E-state index contributed by atoms with van der Waals surface area (Å²) in [4.78, 5) is 0.247. The molecular weight excluding hydrogens is 294 g/mol. The van der Waals surface area contributed by atoms with Gasteiger partial charge in [0, 0.05) is 24.1 Å². The second kappa shape index (κ2) is 5.40. The third kappa shape index (κ3) is 2.54. The number of hydrogen-bond acceptors (Lipinski definition) is 4. The van der Waals surface area contributed by atoms with E-state index in [1.807, 2.05) is 6.92 Å². The quantitative estimate of drug-likeness (QED) is 0.861. The number of aryl methyl sites for hydroxylation is 1. The summed E-state index contributed by atoms with van der Waals surface area (Å²) in [6, 6.07) is 0. The van der Waals surface area contributed by atoms with Crippen LogP contribution in [0.25, 0.3) is 0 Å². The molecule has 18 heavy (non-hydrogen) atoms. The Bertz CT molecular complexity index is 529. The molecule has 1 N–H and O–H groups in total. The fourth-order valence-corrected chi connectivity index (χ4v) is 5.39. The van der Waals surface area contributed by atoms with Crippen LogP contribution in [0.3, 0.4) is 0 Å². The first-order chi connectivity index (χ1) is 8.46. The number of aromatic nitrogens is 2. The lowest BCUT2D eigenvalue weighted by Crippen LogP contribution is -2.41. The minimum absolute atomic E-state index is 0.0943. The average Bonchev–Trinajstić information content (AvgIpc) is 2.71. The lowest BCUT2D eigenvalue weighted by atomic mass is 10.4. The molecule has 0 aliphatic carbocycles. The highest BCUT2D eigenvalue weighted by Gasteiger charge is 2.33. The summed E-state index contributed by atoms with van der Waals surface area (Å²) in [6.45, 7) is 4.83. The average molecular weight is 310 g/mol. The molecule has 1 fully saturated rings. The summed E-state index contributed by atoms with van der Waals surface area (Å²) in [5, 5.41) is 6.97. The Morgan fingerprint density at radius 1 is 1.61 bits per heavy atom. The highest BCUT2D eigenvalue weighted by Crippen LogP contribution is 2.27. The van der Waals surface area contributed by atoms with Crippen molar-refractivity contribution in [3.05, 3.63) is 11.4 Å². The number of H-pyrrole nitrogens is 1. The number of hydrogen-bond donors (Lipinski definition) is 1. The van der Waals surface area contributed by atoms with E-state index in [0.717, 1.165) is 5.75 Å². The number of sulfonamides is 1. The van der Waals surface area contributed by atoms with E-state index < -0.39 is 10.0 Å². The van der Waals surface area contributed by atoms with Crippen LogP contribution in [0.1, 0.15) is 18.3 Å². The largest absolute Gasteiger partial charge is 0.281 e. The van der Waals surface area contributed by atoms with Crippen LogP contribution in [0, 0.1) is 6.92 Å². The minimum atomic E-state index is -3.48. The Morgan fingerprint density at radius 2 is 2.33 bits per heavy atom. The third-order valence-electron chi connectivity index (χ3n) is 2.89. The molecule has 2 rings (SSSR count). The molecule has 1 saturated heterocycles. The van der Waals surface area contributed by atoms with E-state index >= 15 is 0 Å². The zero-order valence-electron chi connectivity index (χ0n) is 10.3. The van der Waals surface area contributed by atoms with Gasteiger partial charge < -0.3 is 0 Å². The lowest BCUT2D eigenvalue weighted by molar-refractivity contribution is 0.423. The molecule has 8 heteroatoms. The Balaban J connectivity index is 2.38. The highest BCUT2D eigenvalue weighted by atomic mass is 35.5. The van der Waals surface area contributed by atoms with E-state index in [1.165, 1.54) is 4.31 Å². The molecule has 1 aromatic heterocycles. The second-order valence-corrected chi connectivity index (χ2v) is 7.99. The van der Waals surface area contributed by atoms with Crippen LogP contribution in [0.4, 0.5) is 0 Å². The van der Waals surface area contributed by atoms with Gasteiger partial charge in [-0.3, -0.25) is 5.10 Å². The molecule has 1 atom stereocenters. The summed E-state index contributed by atoms with van der Waals surface area (Å²) in [6.07, 6.45) is 0. The first kappa shape index (κ1) is 14.2. The fourth-order valence-electron chi connectivity index (χ4n) is 2.04. The molecular formula is C10H16ClN3O2S2. The van der Waals surface area contributed by atoms with Crippen LogP contribution >= 0.6 is 23.4 Å². The Labute approximate surface area is 116 Å². The molecule has 1 aliphatic heterocycles.